The van der Waals surface area contributed by atoms with Gasteiger partial charge in [0.15, 0.2) is 0 Å². The molecule has 0 bridgehead atoms. The van der Waals surface area contributed by atoms with E-state index in [1.807, 2.05) is 6.07 Å². The Balaban J connectivity index is 1.78. The van der Waals surface area contributed by atoms with E-state index in [9.17, 15) is 4.79 Å². The van der Waals surface area contributed by atoms with Gasteiger partial charge in [0.25, 0.3) is 0 Å². The molecule has 0 aliphatic carbocycles. The van der Waals surface area contributed by atoms with Gasteiger partial charge in [-0.25, -0.2) is 0 Å². The van der Waals surface area contributed by atoms with E-state index < -0.39 is 0 Å². The molecule has 0 spiro atoms. The SMILES string of the molecule is COc1ccc(OC(=O)Cc2coc3ccc(C(C)(C)C)cc23)cc1. The fourth-order valence-corrected chi connectivity index (χ4v) is 2.65. The number of furan rings is 1. The minimum Gasteiger partial charge on any atom is -0.497 e. The second-order valence-corrected chi connectivity index (χ2v) is 7.05. The zero-order valence-electron chi connectivity index (χ0n) is 15.0. The Hall–Kier alpha value is -2.75. The Bertz CT molecular complexity index is 882. The standard InChI is InChI=1S/C21H22O4/c1-21(2,3)15-5-10-19-18(12-15)14(13-24-19)11-20(22)25-17-8-6-16(23-4)7-9-17/h5-10,12-13H,11H2,1-4H3. The molecule has 2 aromatic carbocycles. The molecule has 0 unspecified atom stereocenters. The molecule has 0 fully saturated rings. The van der Waals surface area contributed by atoms with E-state index in [4.69, 9.17) is 13.9 Å². The predicted octanol–water partition coefficient (Wildman–Crippen LogP) is 4.89. The van der Waals surface area contributed by atoms with Crippen molar-refractivity contribution in [2.24, 2.45) is 0 Å². The van der Waals surface area contributed by atoms with Crippen LogP contribution in [-0.4, -0.2) is 13.1 Å². The van der Waals surface area contributed by atoms with Crippen molar-refractivity contribution in [2.45, 2.75) is 32.6 Å². The fourth-order valence-electron chi connectivity index (χ4n) is 2.65. The van der Waals surface area contributed by atoms with Crippen molar-refractivity contribution >= 4 is 16.9 Å². The average Bonchev–Trinajstić information content (AvgIpc) is 2.97. The highest BCUT2D eigenvalue weighted by Crippen LogP contribution is 2.29. The normalized spacial score (nSPS) is 11.5. The molecule has 0 radical (unpaired) electrons. The summed E-state index contributed by atoms with van der Waals surface area (Å²) in [6.45, 7) is 6.48. The highest BCUT2D eigenvalue weighted by atomic mass is 16.5. The minimum atomic E-state index is -0.325. The number of benzene rings is 2. The lowest BCUT2D eigenvalue weighted by Gasteiger charge is -2.18. The van der Waals surface area contributed by atoms with Crippen molar-refractivity contribution in [3.63, 3.8) is 0 Å². The van der Waals surface area contributed by atoms with Gasteiger partial charge in [0.2, 0.25) is 0 Å². The molecule has 3 rings (SSSR count). The summed E-state index contributed by atoms with van der Waals surface area (Å²) in [5, 5.41) is 0.958. The van der Waals surface area contributed by atoms with Gasteiger partial charge < -0.3 is 13.9 Å². The zero-order chi connectivity index (χ0) is 18.0. The quantitative estimate of drug-likeness (QED) is 0.502. The molecule has 4 heteroatoms. The number of fused-ring (bicyclic) bond motifs is 1. The first-order valence-electron chi connectivity index (χ1n) is 8.22. The van der Waals surface area contributed by atoms with Crippen molar-refractivity contribution in [3.8, 4) is 11.5 Å². The number of hydrogen-bond acceptors (Lipinski definition) is 4. The number of rotatable bonds is 4. The van der Waals surface area contributed by atoms with Gasteiger partial charge >= 0.3 is 5.97 Å². The Morgan fingerprint density at radius 1 is 1.04 bits per heavy atom. The van der Waals surface area contributed by atoms with Crippen molar-refractivity contribution in [1.29, 1.82) is 0 Å². The van der Waals surface area contributed by atoms with E-state index in [0.29, 0.717) is 5.75 Å². The second kappa shape index (κ2) is 6.63. The van der Waals surface area contributed by atoms with Crippen molar-refractivity contribution in [2.75, 3.05) is 7.11 Å². The van der Waals surface area contributed by atoms with Crippen molar-refractivity contribution < 1.29 is 18.7 Å². The van der Waals surface area contributed by atoms with Crippen LogP contribution >= 0.6 is 0 Å². The van der Waals surface area contributed by atoms with Crippen LogP contribution in [0.2, 0.25) is 0 Å². The number of esters is 1. The number of carbonyl (C=O) groups excluding carboxylic acids is 1. The lowest BCUT2D eigenvalue weighted by molar-refractivity contribution is -0.133. The molecule has 0 atom stereocenters. The maximum absolute atomic E-state index is 12.3. The third-order valence-corrected chi connectivity index (χ3v) is 4.15. The molecule has 1 heterocycles. The number of ether oxygens (including phenoxy) is 2. The van der Waals surface area contributed by atoms with Crippen LogP contribution in [0, 0.1) is 0 Å². The summed E-state index contributed by atoms with van der Waals surface area (Å²) < 4.78 is 16.1. The van der Waals surface area contributed by atoms with Gasteiger partial charge in [-0.1, -0.05) is 26.8 Å². The largest absolute Gasteiger partial charge is 0.497 e. The fraction of sp³-hybridized carbons (Fsp3) is 0.286. The van der Waals surface area contributed by atoms with Crippen LogP contribution in [0.4, 0.5) is 0 Å². The first-order valence-corrected chi connectivity index (χ1v) is 8.22. The van der Waals surface area contributed by atoms with Gasteiger partial charge in [-0.2, -0.15) is 0 Å². The first-order chi connectivity index (χ1) is 11.9. The van der Waals surface area contributed by atoms with E-state index in [2.05, 4.69) is 32.9 Å². The molecule has 4 nitrogen and oxygen atoms in total. The van der Waals surface area contributed by atoms with Gasteiger partial charge in [-0.15, -0.1) is 0 Å². The van der Waals surface area contributed by atoms with Gasteiger partial charge in [-0.05, 0) is 47.4 Å². The van der Waals surface area contributed by atoms with E-state index >= 15 is 0 Å². The van der Waals surface area contributed by atoms with E-state index in [1.54, 1.807) is 37.6 Å². The molecule has 25 heavy (non-hydrogen) atoms. The summed E-state index contributed by atoms with van der Waals surface area (Å²) in [4.78, 5) is 12.3. The Kier molecular flexibility index (Phi) is 4.53. The molecule has 0 aliphatic rings. The number of methoxy groups -OCH3 is 1. The lowest BCUT2D eigenvalue weighted by Crippen LogP contribution is -2.12. The molecule has 0 saturated carbocycles. The van der Waals surface area contributed by atoms with Crippen LogP contribution in [0.15, 0.2) is 53.1 Å². The summed E-state index contributed by atoms with van der Waals surface area (Å²) >= 11 is 0. The third-order valence-electron chi connectivity index (χ3n) is 4.15. The average molecular weight is 338 g/mol. The van der Waals surface area contributed by atoms with E-state index in [1.165, 1.54) is 5.56 Å². The van der Waals surface area contributed by atoms with E-state index in [0.717, 1.165) is 22.3 Å². The van der Waals surface area contributed by atoms with Crippen LogP contribution in [0.5, 0.6) is 11.5 Å². The molecule has 1 aromatic heterocycles. The maximum atomic E-state index is 12.3. The molecule has 0 amide bonds. The summed E-state index contributed by atoms with van der Waals surface area (Å²) in [6, 6.07) is 13.0. The smallest absolute Gasteiger partial charge is 0.315 e. The molecule has 130 valence electrons. The van der Waals surface area contributed by atoms with Crippen molar-refractivity contribution in [3.05, 3.63) is 59.9 Å². The monoisotopic (exact) mass is 338 g/mol. The van der Waals surface area contributed by atoms with Crippen LogP contribution in [0.3, 0.4) is 0 Å². The van der Waals surface area contributed by atoms with E-state index in [-0.39, 0.29) is 17.8 Å². The summed E-state index contributed by atoms with van der Waals surface area (Å²) in [5.41, 5.74) is 2.85. The lowest BCUT2D eigenvalue weighted by atomic mass is 9.86. The minimum absolute atomic E-state index is 0.0341. The molecule has 0 saturated heterocycles. The Morgan fingerprint density at radius 2 is 1.72 bits per heavy atom. The summed E-state index contributed by atoms with van der Waals surface area (Å²) in [5.74, 6) is 0.887. The number of hydrogen-bond donors (Lipinski definition) is 0. The van der Waals surface area contributed by atoms with Crippen LogP contribution in [0.25, 0.3) is 11.0 Å². The van der Waals surface area contributed by atoms with Crippen LogP contribution in [0.1, 0.15) is 31.9 Å². The Labute approximate surface area is 147 Å². The zero-order valence-corrected chi connectivity index (χ0v) is 15.0. The van der Waals surface area contributed by atoms with Crippen molar-refractivity contribution in [1.82, 2.24) is 0 Å². The van der Waals surface area contributed by atoms with Gasteiger partial charge in [-0.3, -0.25) is 4.79 Å². The highest BCUT2D eigenvalue weighted by Gasteiger charge is 2.17. The van der Waals surface area contributed by atoms with Gasteiger partial charge in [0, 0.05) is 10.9 Å². The maximum Gasteiger partial charge on any atom is 0.315 e. The van der Waals surface area contributed by atoms with Gasteiger partial charge in [0.1, 0.15) is 17.1 Å². The molecule has 0 aliphatic heterocycles. The summed E-state index contributed by atoms with van der Waals surface area (Å²) in [6.07, 6.45) is 1.79. The predicted molar refractivity (Wildman–Crippen MR) is 97.2 cm³/mol. The molecule has 0 N–H and O–H groups in total. The third kappa shape index (κ3) is 3.85. The Morgan fingerprint density at radius 3 is 2.36 bits per heavy atom. The van der Waals surface area contributed by atoms with Crippen LogP contribution < -0.4 is 9.47 Å². The topological polar surface area (TPSA) is 48.7 Å². The highest BCUT2D eigenvalue weighted by molar-refractivity contribution is 5.87. The number of carbonyl (C=O) groups is 1. The molecular weight excluding hydrogens is 316 g/mol. The second-order valence-electron chi connectivity index (χ2n) is 7.05. The molecule has 3 aromatic rings. The van der Waals surface area contributed by atoms with Gasteiger partial charge in [0.05, 0.1) is 19.8 Å². The van der Waals surface area contributed by atoms with Crippen LogP contribution in [-0.2, 0) is 16.6 Å². The summed E-state index contributed by atoms with van der Waals surface area (Å²) in [7, 11) is 1.59. The molecular formula is C21H22O4. The first kappa shape index (κ1) is 17.1.